The highest BCUT2D eigenvalue weighted by Crippen LogP contribution is 2.43. The fourth-order valence-electron chi connectivity index (χ4n) is 4.36. The maximum absolute atomic E-state index is 13.2. The number of ether oxygens (including phenoxy) is 1. The van der Waals surface area contributed by atoms with Crippen LogP contribution in [0.3, 0.4) is 0 Å². The van der Waals surface area contributed by atoms with E-state index in [0.717, 1.165) is 49.0 Å². The van der Waals surface area contributed by atoms with Crippen LogP contribution < -0.4 is 16.4 Å². The van der Waals surface area contributed by atoms with E-state index in [0.29, 0.717) is 29.4 Å². The average molecular weight is 472 g/mol. The van der Waals surface area contributed by atoms with E-state index in [1.165, 1.54) is 11.3 Å². The van der Waals surface area contributed by atoms with E-state index in [4.69, 9.17) is 10.5 Å². The van der Waals surface area contributed by atoms with Crippen LogP contribution in [-0.2, 0) is 22.4 Å². The molecule has 4 N–H and O–H groups in total. The summed E-state index contributed by atoms with van der Waals surface area (Å²) in [5.74, 6) is 0.236. The number of aromatic nitrogens is 2. The second-order valence-electron chi connectivity index (χ2n) is 9.13. The highest BCUT2D eigenvalue weighted by Gasteiger charge is 2.35. The number of nitrogens with zero attached hydrogens (tertiary/aromatic N) is 2. The van der Waals surface area contributed by atoms with Crippen molar-refractivity contribution < 1.29 is 19.1 Å². The smallest absolute Gasteiger partial charge is 0.360 e. The topological polar surface area (TPSA) is 128 Å². The molecule has 2 fully saturated rings. The number of amides is 2. The summed E-state index contributed by atoms with van der Waals surface area (Å²) in [4.78, 5) is 43.1. The van der Waals surface area contributed by atoms with Gasteiger partial charge in [0.2, 0.25) is 5.91 Å². The summed E-state index contributed by atoms with van der Waals surface area (Å²) < 4.78 is 6.85. The number of anilines is 2. The van der Waals surface area contributed by atoms with Crippen molar-refractivity contribution >= 4 is 39.9 Å². The van der Waals surface area contributed by atoms with Crippen LogP contribution in [0.5, 0.6) is 0 Å². The highest BCUT2D eigenvalue weighted by atomic mass is 32.1. The molecule has 3 aliphatic carbocycles. The standard InChI is InChI=1S/C23H29N5O4S/c1-2-32-23(31)18-19(24)28(11-26-18)14-7-8-16-15(9-14)17(21(30)25-10-12-3-4-12)22(33-16)27-20(29)13-5-6-13/h11-14H,2-10,24H2,1H3,(H,25,30)(H,27,29)/t14-/m0/s1. The third-order valence-corrected chi connectivity index (χ3v) is 7.80. The Morgan fingerprint density at radius 2 is 2.03 bits per heavy atom. The van der Waals surface area contributed by atoms with Gasteiger partial charge in [-0.05, 0) is 63.4 Å². The van der Waals surface area contributed by atoms with Crippen LogP contribution in [0.1, 0.15) is 76.4 Å². The largest absolute Gasteiger partial charge is 0.461 e. The molecule has 2 saturated carbocycles. The molecule has 0 unspecified atom stereocenters. The van der Waals surface area contributed by atoms with Crippen LogP contribution in [-0.4, -0.2) is 40.5 Å². The molecule has 9 nitrogen and oxygen atoms in total. The molecule has 176 valence electrons. The number of esters is 1. The number of nitrogens with one attached hydrogen (secondary N) is 2. The number of hydrogen-bond donors (Lipinski definition) is 3. The van der Waals surface area contributed by atoms with Crippen molar-refractivity contribution in [3.05, 3.63) is 28.0 Å². The number of nitrogen functional groups attached to an aromatic ring is 1. The zero-order valence-corrected chi connectivity index (χ0v) is 19.5. The van der Waals surface area contributed by atoms with Crippen molar-refractivity contribution in [2.24, 2.45) is 11.8 Å². The fraction of sp³-hybridized carbons (Fsp3) is 0.565. The normalized spacial score (nSPS) is 19.6. The van der Waals surface area contributed by atoms with E-state index in [2.05, 4.69) is 15.6 Å². The molecule has 5 rings (SSSR count). The van der Waals surface area contributed by atoms with Crippen LogP contribution in [0.4, 0.5) is 10.8 Å². The van der Waals surface area contributed by atoms with Crippen molar-refractivity contribution in [3.8, 4) is 0 Å². The van der Waals surface area contributed by atoms with Gasteiger partial charge in [0, 0.05) is 23.4 Å². The number of carbonyl (C=O) groups is 3. The molecule has 2 amide bonds. The Balaban J connectivity index is 1.42. The molecular weight excluding hydrogens is 442 g/mol. The number of hydrogen-bond acceptors (Lipinski definition) is 7. The van der Waals surface area contributed by atoms with Crippen molar-refractivity contribution in [3.63, 3.8) is 0 Å². The van der Waals surface area contributed by atoms with Gasteiger partial charge in [-0.15, -0.1) is 11.3 Å². The van der Waals surface area contributed by atoms with E-state index in [1.54, 1.807) is 17.8 Å². The van der Waals surface area contributed by atoms with Crippen LogP contribution in [0.15, 0.2) is 6.33 Å². The first-order chi connectivity index (χ1) is 16.0. The molecule has 0 aromatic carbocycles. The van der Waals surface area contributed by atoms with Gasteiger partial charge in [-0.2, -0.15) is 0 Å². The number of imidazole rings is 1. The lowest BCUT2D eigenvalue weighted by Crippen LogP contribution is -2.28. The summed E-state index contributed by atoms with van der Waals surface area (Å²) >= 11 is 1.51. The summed E-state index contributed by atoms with van der Waals surface area (Å²) in [5, 5.41) is 6.74. The van der Waals surface area contributed by atoms with E-state index < -0.39 is 5.97 Å². The Bertz CT molecular complexity index is 1100. The molecular formula is C23H29N5O4S. The molecule has 10 heteroatoms. The van der Waals surface area contributed by atoms with Gasteiger partial charge in [-0.3, -0.25) is 9.59 Å². The first-order valence-electron chi connectivity index (χ1n) is 11.7. The summed E-state index contributed by atoms with van der Waals surface area (Å²) in [5.41, 5.74) is 7.91. The van der Waals surface area contributed by atoms with Gasteiger partial charge in [-0.1, -0.05) is 0 Å². The van der Waals surface area contributed by atoms with E-state index in [-0.39, 0.29) is 41.9 Å². The molecule has 0 radical (unpaired) electrons. The Morgan fingerprint density at radius 1 is 1.24 bits per heavy atom. The van der Waals surface area contributed by atoms with Gasteiger partial charge < -0.3 is 25.7 Å². The van der Waals surface area contributed by atoms with Gasteiger partial charge in [0.25, 0.3) is 5.91 Å². The van der Waals surface area contributed by atoms with Crippen LogP contribution in [0, 0.1) is 11.8 Å². The predicted molar refractivity (Wildman–Crippen MR) is 124 cm³/mol. The molecule has 1 atom stereocenters. The molecule has 0 aliphatic heterocycles. The second kappa shape index (κ2) is 8.81. The average Bonchev–Trinajstić information content (AvgIpc) is 3.72. The Morgan fingerprint density at radius 3 is 2.73 bits per heavy atom. The number of rotatable bonds is 8. The van der Waals surface area contributed by atoms with Gasteiger partial charge in [0.05, 0.1) is 18.5 Å². The minimum atomic E-state index is -0.536. The SMILES string of the molecule is CCOC(=O)c1ncn([C@H]2CCc3sc(NC(=O)C4CC4)c(C(=O)NCC4CC4)c3C2)c1N. The van der Waals surface area contributed by atoms with Gasteiger partial charge in [-0.25, -0.2) is 9.78 Å². The van der Waals surface area contributed by atoms with Crippen molar-refractivity contribution in [1.82, 2.24) is 14.9 Å². The van der Waals surface area contributed by atoms with Crippen molar-refractivity contribution in [1.29, 1.82) is 0 Å². The maximum atomic E-state index is 13.2. The van der Waals surface area contributed by atoms with Gasteiger partial charge >= 0.3 is 5.97 Å². The van der Waals surface area contributed by atoms with Crippen molar-refractivity contribution in [2.45, 2.75) is 57.9 Å². The monoisotopic (exact) mass is 471 g/mol. The Kier molecular flexibility index (Phi) is 5.86. The first kappa shape index (κ1) is 21.9. The molecule has 2 aromatic rings. The number of fused-ring (bicyclic) bond motifs is 1. The van der Waals surface area contributed by atoms with Crippen LogP contribution >= 0.6 is 11.3 Å². The quantitative estimate of drug-likeness (QED) is 0.508. The minimum absolute atomic E-state index is 0.000628. The number of carbonyl (C=O) groups excluding carboxylic acids is 3. The van der Waals surface area contributed by atoms with E-state index in [1.807, 2.05) is 0 Å². The molecule has 3 aliphatic rings. The van der Waals surface area contributed by atoms with Crippen LogP contribution in [0.2, 0.25) is 0 Å². The highest BCUT2D eigenvalue weighted by molar-refractivity contribution is 7.17. The van der Waals surface area contributed by atoms with Gasteiger partial charge in [0.1, 0.15) is 10.8 Å². The Hall–Kier alpha value is -2.88. The lowest BCUT2D eigenvalue weighted by molar-refractivity contribution is -0.117. The zero-order valence-electron chi connectivity index (χ0n) is 18.7. The lowest BCUT2D eigenvalue weighted by Gasteiger charge is -2.25. The fourth-order valence-corrected chi connectivity index (χ4v) is 5.60. The van der Waals surface area contributed by atoms with Gasteiger partial charge in [0.15, 0.2) is 5.69 Å². The summed E-state index contributed by atoms with van der Waals surface area (Å²) in [7, 11) is 0. The minimum Gasteiger partial charge on any atom is -0.461 e. The second-order valence-corrected chi connectivity index (χ2v) is 10.2. The molecule has 0 spiro atoms. The molecule has 2 heterocycles. The summed E-state index contributed by atoms with van der Waals surface area (Å²) in [6.07, 6.45) is 7.84. The van der Waals surface area contributed by atoms with Crippen LogP contribution in [0.25, 0.3) is 0 Å². The third kappa shape index (κ3) is 4.48. The predicted octanol–water partition coefficient (Wildman–Crippen LogP) is 2.92. The molecule has 0 saturated heterocycles. The first-order valence-corrected chi connectivity index (χ1v) is 12.5. The third-order valence-electron chi connectivity index (χ3n) is 6.59. The zero-order chi connectivity index (χ0) is 23.1. The number of aryl methyl sites for hydroxylation is 1. The number of thiophene rings is 1. The van der Waals surface area contributed by atoms with E-state index in [9.17, 15) is 14.4 Å². The Labute approximate surface area is 196 Å². The summed E-state index contributed by atoms with van der Waals surface area (Å²) in [6.45, 7) is 2.65. The molecule has 0 bridgehead atoms. The van der Waals surface area contributed by atoms with Crippen molar-refractivity contribution in [2.75, 3.05) is 24.2 Å². The molecule has 2 aromatic heterocycles. The summed E-state index contributed by atoms with van der Waals surface area (Å²) in [6, 6.07) is -0.0373. The van der Waals surface area contributed by atoms with E-state index >= 15 is 0 Å². The maximum Gasteiger partial charge on any atom is 0.360 e. The number of nitrogens with two attached hydrogens (primary N) is 1. The molecule has 33 heavy (non-hydrogen) atoms. The lowest BCUT2D eigenvalue weighted by atomic mass is 9.91.